The molecule has 1 aromatic heterocycles. The van der Waals surface area contributed by atoms with E-state index in [4.69, 9.17) is 5.26 Å². The summed E-state index contributed by atoms with van der Waals surface area (Å²) in [5.41, 5.74) is 6.53. The number of rotatable bonds is 6. The third-order valence-electron chi connectivity index (χ3n) is 4.64. The Kier molecular flexibility index (Phi) is 5.68. The quantitative estimate of drug-likeness (QED) is 0.655. The summed E-state index contributed by atoms with van der Waals surface area (Å²) >= 11 is 0. The second-order valence-electron chi connectivity index (χ2n) is 6.54. The minimum Gasteiger partial charge on any atom is -0.352 e. The van der Waals surface area contributed by atoms with Gasteiger partial charge in [0.05, 0.1) is 17.3 Å². The summed E-state index contributed by atoms with van der Waals surface area (Å²) in [6.07, 6.45) is 1.75. The SMILES string of the molecule is Cc1n[nH]c(C)c1CCCNC(=O)c1cccc(-c2ccc(C#N)cc2)c1. The fraction of sp³-hybridized carbons (Fsp3) is 0.227. The number of aryl methyl sites for hydroxylation is 2. The minimum atomic E-state index is -0.0777. The second kappa shape index (κ2) is 8.33. The molecular formula is C22H22N4O. The summed E-state index contributed by atoms with van der Waals surface area (Å²) in [7, 11) is 0. The highest BCUT2D eigenvalue weighted by molar-refractivity contribution is 5.95. The summed E-state index contributed by atoms with van der Waals surface area (Å²) < 4.78 is 0. The van der Waals surface area contributed by atoms with Crippen LogP contribution in [0.1, 0.15) is 39.3 Å². The molecule has 0 aliphatic heterocycles. The van der Waals surface area contributed by atoms with Crippen molar-refractivity contribution in [2.45, 2.75) is 26.7 Å². The van der Waals surface area contributed by atoms with E-state index in [0.29, 0.717) is 17.7 Å². The Morgan fingerprint density at radius 2 is 1.93 bits per heavy atom. The van der Waals surface area contributed by atoms with Gasteiger partial charge in [-0.15, -0.1) is 0 Å². The van der Waals surface area contributed by atoms with Crippen molar-refractivity contribution in [1.82, 2.24) is 15.5 Å². The fourth-order valence-corrected chi connectivity index (χ4v) is 3.09. The van der Waals surface area contributed by atoms with E-state index in [0.717, 1.165) is 35.4 Å². The molecule has 3 rings (SSSR count). The van der Waals surface area contributed by atoms with Crippen molar-refractivity contribution in [2.24, 2.45) is 0 Å². The van der Waals surface area contributed by atoms with Gasteiger partial charge >= 0.3 is 0 Å². The number of H-pyrrole nitrogens is 1. The van der Waals surface area contributed by atoms with Gasteiger partial charge in [-0.3, -0.25) is 9.89 Å². The lowest BCUT2D eigenvalue weighted by atomic mass is 10.0. The zero-order valence-corrected chi connectivity index (χ0v) is 15.5. The van der Waals surface area contributed by atoms with Crippen LogP contribution in [0.5, 0.6) is 0 Å². The summed E-state index contributed by atoms with van der Waals surface area (Å²) in [6, 6.07) is 17.0. The zero-order valence-electron chi connectivity index (χ0n) is 15.5. The highest BCUT2D eigenvalue weighted by Crippen LogP contribution is 2.21. The molecule has 0 unspecified atom stereocenters. The molecule has 3 aromatic rings. The summed E-state index contributed by atoms with van der Waals surface area (Å²) in [5, 5.41) is 19.1. The van der Waals surface area contributed by atoms with Crippen molar-refractivity contribution >= 4 is 5.91 Å². The van der Waals surface area contributed by atoms with Crippen LogP contribution in [0.3, 0.4) is 0 Å². The van der Waals surface area contributed by atoms with Crippen molar-refractivity contribution in [3.8, 4) is 17.2 Å². The molecule has 5 heteroatoms. The average Bonchev–Trinajstić information content (AvgIpc) is 3.03. The minimum absolute atomic E-state index is 0.0777. The number of hydrogen-bond acceptors (Lipinski definition) is 3. The molecule has 27 heavy (non-hydrogen) atoms. The number of carbonyl (C=O) groups is 1. The average molecular weight is 358 g/mol. The Morgan fingerprint density at radius 3 is 2.59 bits per heavy atom. The van der Waals surface area contributed by atoms with E-state index < -0.39 is 0 Å². The zero-order chi connectivity index (χ0) is 19.2. The van der Waals surface area contributed by atoms with E-state index in [2.05, 4.69) is 21.6 Å². The van der Waals surface area contributed by atoms with Gasteiger partial charge in [0.15, 0.2) is 0 Å². The molecule has 1 heterocycles. The number of benzene rings is 2. The van der Waals surface area contributed by atoms with Crippen molar-refractivity contribution in [3.63, 3.8) is 0 Å². The molecule has 0 saturated carbocycles. The number of hydrogen-bond donors (Lipinski definition) is 2. The van der Waals surface area contributed by atoms with E-state index in [9.17, 15) is 4.79 Å². The predicted molar refractivity (Wildman–Crippen MR) is 105 cm³/mol. The Balaban J connectivity index is 1.59. The second-order valence-corrected chi connectivity index (χ2v) is 6.54. The van der Waals surface area contributed by atoms with Gasteiger partial charge < -0.3 is 5.32 Å². The first-order chi connectivity index (χ1) is 13.1. The molecule has 2 aromatic carbocycles. The Bertz CT molecular complexity index is 961. The molecule has 5 nitrogen and oxygen atoms in total. The highest BCUT2D eigenvalue weighted by atomic mass is 16.1. The lowest BCUT2D eigenvalue weighted by Gasteiger charge is -2.08. The maximum Gasteiger partial charge on any atom is 0.251 e. The molecule has 0 bridgehead atoms. The van der Waals surface area contributed by atoms with Gasteiger partial charge in [0, 0.05) is 17.8 Å². The van der Waals surface area contributed by atoms with Crippen LogP contribution < -0.4 is 5.32 Å². The molecular weight excluding hydrogens is 336 g/mol. The first-order valence-corrected chi connectivity index (χ1v) is 8.97. The van der Waals surface area contributed by atoms with Gasteiger partial charge in [0.25, 0.3) is 5.91 Å². The third-order valence-corrected chi connectivity index (χ3v) is 4.64. The van der Waals surface area contributed by atoms with E-state index in [1.807, 2.05) is 50.2 Å². The molecule has 0 radical (unpaired) electrons. The largest absolute Gasteiger partial charge is 0.352 e. The maximum absolute atomic E-state index is 12.5. The van der Waals surface area contributed by atoms with Crippen molar-refractivity contribution in [2.75, 3.05) is 6.54 Å². The van der Waals surface area contributed by atoms with E-state index in [-0.39, 0.29) is 5.91 Å². The maximum atomic E-state index is 12.5. The third kappa shape index (κ3) is 4.42. The van der Waals surface area contributed by atoms with Crippen LogP contribution in [0.15, 0.2) is 48.5 Å². The van der Waals surface area contributed by atoms with Crippen LogP contribution in [0.25, 0.3) is 11.1 Å². The smallest absolute Gasteiger partial charge is 0.251 e. The van der Waals surface area contributed by atoms with Crippen LogP contribution in [-0.4, -0.2) is 22.6 Å². The molecule has 0 spiro atoms. The van der Waals surface area contributed by atoms with Crippen molar-refractivity contribution < 1.29 is 4.79 Å². The van der Waals surface area contributed by atoms with Crippen LogP contribution in [0.4, 0.5) is 0 Å². The van der Waals surface area contributed by atoms with E-state index in [1.54, 1.807) is 12.1 Å². The summed E-state index contributed by atoms with van der Waals surface area (Å²) in [4.78, 5) is 12.5. The lowest BCUT2D eigenvalue weighted by Crippen LogP contribution is -2.24. The molecule has 0 fully saturated rings. The van der Waals surface area contributed by atoms with Gasteiger partial charge in [0.2, 0.25) is 0 Å². The Labute approximate surface area is 159 Å². The number of aromatic amines is 1. The van der Waals surface area contributed by atoms with Crippen molar-refractivity contribution in [1.29, 1.82) is 5.26 Å². The molecule has 0 aliphatic rings. The normalized spacial score (nSPS) is 10.4. The molecule has 0 atom stereocenters. The van der Waals surface area contributed by atoms with Gasteiger partial charge in [-0.25, -0.2) is 0 Å². The number of carbonyl (C=O) groups excluding carboxylic acids is 1. The molecule has 0 saturated heterocycles. The highest BCUT2D eigenvalue weighted by Gasteiger charge is 2.09. The molecule has 0 aliphatic carbocycles. The number of nitrogens with one attached hydrogen (secondary N) is 2. The monoisotopic (exact) mass is 358 g/mol. The van der Waals surface area contributed by atoms with Gasteiger partial charge in [0.1, 0.15) is 0 Å². The van der Waals surface area contributed by atoms with E-state index >= 15 is 0 Å². The molecule has 2 N–H and O–H groups in total. The van der Waals surface area contributed by atoms with Crippen molar-refractivity contribution in [3.05, 3.63) is 76.6 Å². The predicted octanol–water partition coefficient (Wildman–Crippen LogP) is 3.93. The Morgan fingerprint density at radius 1 is 1.15 bits per heavy atom. The standard InChI is InChI=1S/C22H22N4O/c1-15-21(16(2)26-25-15)7-4-12-24-22(27)20-6-3-5-19(13-20)18-10-8-17(14-23)9-11-18/h3,5-6,8-11,13H,4,7,12H2,1-2H3,(H,24,27)(H,25,26). The topological polar surface area (TPSA) is 81.6 Å². The molecule has 136 valence electrons. The van der Waals surface area contributed by atoms with Gasteiger partial charge in [-0.2, -0.15) is 10.4 Å². The fourth-order valence-electron chi connectivity index (χ4n) is 3.09. The summed E-state index contributed by atoms with van der Waals surface area (Å²) in [5.74, 6) is -0.0777. The van der Waals surface area contributed by atoms with Crippen LogP contribution in [0, 0.1) is 25.2 Å². The lowest BCUT2D eigenvalue weighted by molar-refractivity contribution is 0.0953. The van der Waals surface area contributed by atoms with Crippen LogP contribution >= 0.6 is 0 Å². The van der Waals surface area contributed by atoms with E-state index in [1.165, 1.54) is 5.56 Å². The number of nitriles is 1. The molecule has 1 amide bonds. The number of nitrogens with zero attached hydrogens (tertiary/aromatic N) is 2. The van der Waals surface area contributed by atoms with Gasteiger partial charge in [-0.05, 0) is 67.6 Å². The first-order valence-electron chi connectivity index (χ1n) is 8.97. The number of amides is 1. The van der Waals surface area contributed by atoms with Crippen LogP contribution in [0.2, 0.25) is 0 Å². The summed E-state index contributed by atoms with van der Waals surface area (Å²) in [6.45, 7) is 4.62. The number of aromatic nitrogens is 2. The first kappa shape index (κ1) is 18.4. The van der Waals surface area contributed by atoms with Gasteiger partial charge in [-0.1, -0.05) is 24.3 Å². The van der Waals surface area contributed by atoms with Crippen LogP contribution in [-0.2, 0) is 6.42 Å². The Hall–Kier alpha value is -3.39.